The number of carbonyl (C=O) groups is 1. The van der Waals surface area contributed by atoms with Crippen LogP contribution in [0.25, 0.3) is 0 Å². The van der Waals surface area contributed by atoms with E-state index < -0.39 is 0 Å². The van der Waals surface area contributed by atoms with Crippen molar-refractivity contribution in [3.8, 4) is 0 Å². The minimum Gasteiger partial charge on any atom is -0.305 e. The Morgan fingerprint density at radius 2 is 2.46 bits per heavy atom. The molecule has 0 aliphatic carbocycles. The third-order valence-corrected chi connectivity index (χ3v) is 3.75. The minimum absolute atomic E-state index is 0.139. The minimum atomic E-state index is 0.139. The number of thiophene rings is 1. The SMILES string of the molecule is CC(=O)c1ccc(CCOSI)s1. The molecule has 1 heterocycles. The van der Waals surface area contributed by atoms with Crippen LogP contribution in [-0.2, 0) is 10.6 Å². The molecular formula is C8H9IO2S2. The zero-order valence-electron chi connectivity index (χ0n) is 7.08. The third kappa shape index (κ3) is 3.97. The van der Waals surface area contributed by atoms with Gasteiger partial charge in [-0.25, -0.2) is 0 Å². The molecule has 0 aliphatic heterocycles. The van der Waals surface area contributed by atoms with E-state index in [1.165, 1.54) is 14.1 Å². The number of Topliss-reactive ketones (excluding diaryl/α,β-unsaturated/α-hetero) is 1. The van der Waals surface area contributed by atoms with Gasteiger partial charge < -0.3 is 4.18 Å². The fraction of sp³-hybridized carbons (Fsp3) is 0.375. The van der Waals surface area contributed by atoms with Crippen LogP contribution in [0.15, 0.2) is 12.1 Å². The Hall–Kier alpha value is 0.410. The summed E-state index contributed by atoms with van der Waals surface area (Å²) in [5.74, 6) is 0.139. The third-order valence-electron chi connectivity index (χ3n) is 1.48. The van der Waals surface area contributed by atoms with Crippen LogP contribution in [0, 0.1) is 0 Å². The Bertz CT molecular complexity index is 285. The summed E-state index contributed by atoms with van der Waals surface area (Å²) in [6.07, 6.45) is 0.883. The zero-order chi connectivity index (χ0) is 9.68. The number of rotatable bonds is 5. The molecule has 0 N–H and O–H groups in total. The molecule has 2 nitrogen and oxygen atoms in total. The van der Waals surface area contributed by atoms with E-state index in [0.717, 1.165) is 11.3 Å². The highest BCUT2D eigenvalue weighted by molar-refractivity contribution is 14.2. The summed E-state index contributed by atoms with van der Waals surface area (Å²) in [4.78, 5) is 13.0. The van der Waals surface area contributed by atoms with Crippen LogP contribution in [0.4, 0.5) is 0 Å². The van der Waals surface area contributed by atoms with Crippen molar-refractivity contribution in [2.75, 3.05) is 6.61 Å². The lowest BCUT2D eigenvalue weighted by Crippen LogP contribution is -1.88. The van der Waals surface area contributed by atoms with Crippen molar-refractivity contribution in [2.45, 2.75) is 13.3 Å². The van der Waals surface area contributed by atoms with Gasteiger partial charge >= 0.3 is 0 Å². The Balaban J connectivity index is 2.44. The van der Waals surface area contributed by atoms with Crippen molar-refractivity contribution < 1.29 is 8.98 Å². The van der Waals surface area contributed by atoms with Gasteiger partial charge in [0.1, 0.15) is 0 Å². The average molecular weight is 328 g/mol. The van der Waals surface area contributed by atoms with E-state index in [0.29, 0.717) is 6.61 Å². The largest absolute Gasteiger partial charge is 0.305 e. The van der Waals surface area contributed by atoms with E-state index in [-0.39, 0.29) is 5.78 Å². The molecule has 0 atom stereocenters. The van der Waals surface area contributed by atoms with Crippen LogP contribution in [0.1, 0.15) is 21.5 Å². The Morgan fingerprint density at radius 1 is 1.69 bits per heavy atom. The fourth-order valence-electron chi connectivity index (χ4n) is 0.875. The van der Waals surface area contributed by atoms with Crippen LogP contribution in [0.5, 0.6) is 0 Å². The van der Waals surface area contributed by atoms with Crippen molar-refractivity contribution in [1.82, 2.24) is 0 Å². The second-order valence-electron chi connectivity index (χ2n) is 2.46. The molecule has 0 saturated carbocycles. The first-order valence-corrected chi connectivity index (χ1v) is 7.84. The molecule has 0 unspecified atom stereocenters. The molecule has 13 heavy (non-hydrogen) atoms. The first-order valence-electron chi connectivity index (χ1n) is 3.74. The lowest BCUT2D eigenvalue weighted by molar-refractivity contribution is 0.102. The van der Waals surface area contributed by atoms with E-state index in [1.807, 2.05) is 12.1 Å². The second-order valence-corrected chi connectivity index (χ2v) is 5.07. The number of halogens is 1. The highest BCUT2D eigenvalue weighted by atomic mass is 127. The highest BCUT2D eigenvalue weighted by Gasteiger charge is 2.03. The molecular weight excluding hydrogens is 319 g/mol. The maximum Gasteiger partial charge on any atom is 0.169 e. The smallest absolute Gasteiger partial charge is 0.169 e. The van der Waals surface area contributed by atoms with Crippen molar-refractivity contribution in [3.05, 3.63) is 21.9 Å². The predicted octanol–water partition coefficient (Wildman–Crippen LogP) is 3.51. The molecule has 1 aromatic heterocycles. The molecule has 0 fully saturated rings. The number of hydrogen-bond donors (Lipinski definition) is 0. The van der Waals surface area contributed by atoms with Gasteiger partial charge in [-0.1, -0.05) is 0 Å². The molecule has 0 spiro atoms. The molecule has 72 valence electrons. The molecule has 0 radical (unpaired) electrons. The molecule has 5 heteroatoms. The van der Waals surface area contributed by atoms with Gasteiger partial charge in [-0.3, -0.25) is 4.79 Å². The van der Waals surface area contributed by atoms with Crippen molar-refractivity contribution in [1.29, 1.82) is 0 Å². The lowest BCUT2D eigenvalue weighted by Gasteiger charge is -1.94. The maximum absolute atomic E-state index is 11.0. The van der Waals surface area contributed by atoms with E-state index in [4.69, 9.17) is 4.18 Å². The predicted molar refractivity (Wildman–Crippen MR) is 65.6 cm³/mol. The fourth-order valence-corrected chi connectivity index (χ4v) is 2.44. The van der Waals surface area contributed by atoms with Crippen molar-refractivity contribution >= 4 is 47.5 Å². The molecule has 0 aromatic carbocycles. The normalized spacial score (nSPS) is 10.3. The van der Waals surface area contributed by atoms with Gasteiger partial charge in [0, 0.05) is 32.5 Å². The maximum atomic E-state index is 11.0. The lowest BCUT2D eigenvalue weighted by atomic mass is 10.3. The first-order chi connectivity index (χ1) is 6.24. The molecule has 0 amide bonds. The summed E-state index contributed by atoms with van der Waals surface area (Å²) in [7, 11) is 1.34. The van der Waals surface area contributed by atoms with Crippen LogP contribution in [0.3, 0.4) is 0 Å². The Labute approximate surface area is 97.8 Å². The number of hydrogen-bond acceptors (Lipinski definition) is 4. The van der Waals surface area contributed by atoms with E-state index in [9.17, 15) is 4.79 Å². The van der Waals surface area contributed by atoms with Crippen LogP contribution >= 0.6 is 41.8 Å². The van der Waals surface area contributed by atoms with E-state index in [1.54, 1.807) is 18.3 Å². The van der Waals surface area contributed by atoms with E-state index in [2.05, 4.69) is 21.2 Å². The van der Waals surface area contributed by atoms with Gasteiger partial charge in [-0.05, 0) is 19.1 Å². The average Bonchev–Trinajstić information content (AvgIpc) is 2.53. The summed E-state index contributed by atoms with van der Waals surface area (Å²) in [5, 5.41) is 0. The Morgan fingerprint density at radius 3 is 3.00 bits per heavy atom. The number of carbonyl (C=O) groups excluding carboxylic acids is 1. The standard InChI is InChI=1S/C8H9IO2S2/c1-6(10)8-3-2-7(12-8)4-5-11-13-9/h2-3H,4-5H2,1H3. The molecule has 0 saturated heterocycles. The van der Waals surface area contributed by atoms with E-state index >= 15 is 0 Å². The molecule has 1 aromatic rings. The highest BCUT2D eigenvalue weighted by Crippen LogP contribution is 2.19. The monoisotopic (exact) mass is 328 g/mol. The summed E-state index contributed by atoms with van der Waals surface area (Å²) in [6, 6.07) is 3.86. The molecule has 0 bridgehead atoms. The van der Waals surface area contributed by atoms with Gasteiger partial charge in [-0.15, -0.1) is 11.3 Å². The van der Waals surface area contributed by atoms with Crippen molar-refractivity contribution in [2.24, 2.45) is 0 Å². The van der Waals surface area contributed by atoms with Crippen LogP contribution in [0.2, 0.25) is 0 Å². The van der Waals surface area contributed by atoms with Crippen LogP contribution in [-0.4, -0.2) is 12.4 Å². The van der Waals surface area contributed by atoms with Crippen LogP contribution < -0.4 is 0 Å². The van der Waals surface area contributed by atoms with Crippen molar-refractivity contribution in [3.63, 3.8) is 0 Å². The zero-order valence-corrected chi connectivity index (χ0v) is 10.9. The van der Waals surface area contributed by atoms with Gasteiger partial charge in [0.05, 0.1) is 20.7 Å². The second kappa shape index (κ2) is 6.00. The van der Waals surface area contributed by atoms with Gasteiger partial charge in [-0.2, -0.15) is 0 Å². The summed E-state index contributed by atoms with van der Waals surface area (Å²) < 4.78 is 5.13. The topological polar surface area (TPSA) is 26.3 Å². The van der Waals surface area contributed by atoms with Gasteiger partial charge in [0.15, 0.2) is 5.78 Å². The Kier molecular flexibility index (Phi) is 5.30. The van der Waals surface area contributed by atoms with Gasteiger partial charge in [0.2, 0.25) is 0 Å². The molecule has 0 aliphatic rings. The number of ketones is 1. The summed E-state index contributed by atoms with van der Waals surface area (Å²) >= 11 is 3.64. The summed E-state index contributed by atoms with van der Waals surface area (Å²) in [6.45, 7) is 2.29. The molecule has 1 rings (SSSR count). The summed E-state index contributed by atoms with van der Waals surface area (Å²) in [5.41, 5.74) is 0. The van der Waals surface area contributed by atoms with Gasteiger partial charge in [0.25, 0.3) is 0 Å². The first kappa shape index (κ1) is 11.5. The quantitative estimate of drug-likeness (QED) is 0.358.